The summed E-state index contributed by atoms with van der Waals surface area (Å²) in [7, 11) is 0. The first-order chi connectivity index (χ1) is 15.1. The van der Waals surface area contributed by atoms with E-state index in [1.54, 1.807) is 0 Å². The van der Waals surface area contributed by atoms with E-state index in [0.717, 1.165) is 43.4 Å². The molecule has 0 saturated heterocycles. The van der Waals surface area contributed by atoms with Gasteiger partial charge in [0.05, 0.1) is 5.54 Å². The molecule has 2 aliphatic carbocycles. The van der Waals surface area contributed by atoms with Crippen LogP contribution in [0.4, 0.5) is 0 Å². The minimum absolute atomic E-state index is 0.0258. The summed E-state index contributed by atoms with van der Waals surface area (Å²) >= 11 is 0. The Morgan fingerprint density at radius 1 is 1.03 bits per heavy atom. The van der Waals surface area contributed by atoms with Gasteiger partial charge in [0.2, 0.25) is 0 Å². The maximum Gasteiger partial charge on any atom is 0.252 e. The van der Waals surface area contributed by atoms with Crippen molar-refractivity contribution in [2.24, 2.45) is 5.73 Å². The lowest BCUT2D eigenvalue weighted by Crippen LogP contribution is -2.41. The fourth-order valence-corrected chi connectivity index (χ4v) is 4.88. The van der Waals surface area contributed by atoms with Crippen LogP contribution in [0.1, 0.15) is 60.0 Å². The zero-order valence-corrected chi connectivity index (χ0v) is 18.1. The maximum atomic E-state index is 13.3. The summed E-state index contributed by atoms with van der Waals surface area (Å²) in [6, 6.07) is 20.6. The molecule has 1 unspecified atom stereocenters. The summed E-state index contributed by atoms with van der Waals surface area (Å²) in [5.41, 5.74) is 8.80. The highest BCUT2D eigenvalue weighted by Crippen LogP contribution is 2.48. The van der Waals surface area contributed by atoms with E-state index in [1.807, 2.05) is 25.1 Å². The normalized spacial score (nSPS) is 22.1. The minimum Gasteiger partial charge on any atom is -0.489 e. The summed E-state index contributed by atoms with van der Waals surface area (Å²) in [5.74, 6) is 0.689. The molecule has 0 radical (unpaired) electrons. The number of nitrogens with two attached hydrogens (primary N) is 1. The first kappa shape index (κ1) is 20.1. The number of carbonyl (C=O) groups excluding carboxylic acids is 1. The van der Waals surface area contributed by atoms with Crippen molar-refractivity contribution in [2.75, 3.05) is 0 Å². The van der Waals surface area contributed by atoms with E-state index in [1.165, 1.54) is 22.8 Å². The van der Waals surface area contributed by atoms with E-state index in [-0.39, 0.29) is 23.6 Å². The van der Waals surface area contributed by atoms with Gasteiger partial charge in [-0.1, -0.05) is 55.0 Å². The van der Waals surface area contributed by atoms with Crippen LogP contribution in [-0.4, -0.2) is 18.1 Å². The van der Waals surface area contributed by atoms with Gasteiger partial charge in [-0.2, -0.15) is 0 Å². The van der Waals surface area contributed by atoms with Crippen molar-refractivity contribution in [2.45, 2.75) is 63.1 Å². The second-order valence-corrected chi connectivity index (χ2v) is 9.14. The monoisotopic (exact) mass is 414 g/mol. The molecule has 0 aromatic heterocycles. The molecule has 0 spiro atoms. The molecule has 2 aliphatic rings. The molecule has 31 heavy (non-hydrogen) atoms. The lowest BCUT2D eigenvalue weighted by Gasteiger charge is -2.29. The summed E-state index contributed by atoms with van der Waals surface area (Å²) in [6.07, 6.45) is 6.22. The fraction of sp³-hybridized carbons (Fsp3) is 0.370. The number of hydrogen-bond acceptors (Lipinski definition) is 3. The van der Waals surface area contributed by atoms with E-state index in [9.17, 15) is 4.79 Å². The molecule has 0 heterocycles. The first-order valence-electron chi connectivity index (χ1n) is 11.4. The molecule has 0 aliphatic heterocycles. The number of hydrogen-bond donors (Lipinski definition) is 2. The standard InChI is InChI=1S/C27H30N2O2/c1-18-13-14-20(31-25-12-5-4-11-24(25)28)17-22(18)26(30)29-27(15-16-27)23-10-6-8-19-7-2-3-9-21(19)23/h2-3,6-10,13-14,17,24-25H,4-5,11-12,15-16,28H2,1H3,(H,29,30)/t24-,25?/m0/s1. The van der Waals surface area contributed by atoms with Crippen LogP contribution in [-0.2, 0) is 5.54 Å². The van der Waals surface area contributed by atoms with Crippen molar-refractivity contribution >= 4 is 16.7 Å². The number of amides is 1. The molecule has 3 aromatic rings. The van der Waals surface area contributed by atoms with Crippen molar-refractivity contribution in [3.63, 3.8) is 0 Å². The number of benzene rings is 3. The molecule has 160 valence electrons. The second-order valence-electron chi connectivity index (χ2n) is 9.14. The molecule has 4 heteroatoms. The number of rotatable bonds is 5. The molecule has 3 N–H and O–H groups in total. The van der Waals surface area contributed by atoms with Gasteiger partial charge in [-0.25, -0.2) is 0 Å². The predicted molar refractivity (Wildman–Crippen MR) is 124 cm³/mol. The Morgan fingerprint density at radius 3 is 2.61 bits per heavy atom. The second kappa shape index (κ2) is 8.01. The minimum atomic E-state index is -0.285. The lowest BCUT2D eigenvalue weighted by atomic mass is 9.93. The van der Waals surface area contributed by atoms with Crippen LogP contribution < -0.4 is 15.8 Å². The largest absolute Gasteiger partial charge is 0.489 e. The molecule has 2 saturated carbocycles. The Kier molecular flexibility index (Phi) is 5.19. The van der Waals surface area contributed by atoms with Gasteiger partial charge < -0.3 is 15.8 Å². The van der Waals surface area contributed by atoms with Gasteiger partial charge in [0.1, 0.15) is 11.9 Å². The Bertz CT molecular complexity index is 1110. The summed E-state index contributed by atoms with van der Waals surface area (Å²) in [6.45, 7) is 1.97. The predicted octanol–water partition coefficient (Wildman–Crippen LogP) is 5.22. The van der Waals surface area contributed by atoms with Crippen molar-refractivity contribution in [1.82, 2.24) is 5.32 Å². The van der Waals surface area contributed by atoms with Gasteiger partial charge in [0.15, 0.2) is 0 Å². The van der Waals surface area contributed by atoms with Gasteiger partial charge in [-0.05, 0) is 73.1 Å². The maximum absolute atomic E-state index is 13.3. The number of aryl methyl sites for hydroxylation is 1. The quantitative estimate of drug-likeness (QED) is 0.602. The van der Waals surface area contributed by atoms with Crippen LogP contribution in [0, 0.1) is 6.92 Å². The Hall–Kier alpha value is -2.85. The Morgan fingerprint density at radius 2 is 1.81 bits per heavy atom. The number of ether oxygens (including phenoxy) is 1. The lowest BCUT2D eigenvalue weighted by molar-refractivity contribution is 0.0928. The number of nitrogens with one attached hydrogen (secondary N) is 1. The summed E-state index contributed by atoms with van der Waals surface area (Å²) in [4.78, 5) is 13.3. The fourth-order valence-electron chi connectivity index (χ4n) is 4.88. The van der Waals surface area contributed by atoms with E-state index < -0.39 is 0 Å². The molecule has 1 amide bonds. The molecule has 5 rings (SSSR count). The highest BCUT2D eigenvalue weighted by atomic mass is 16.5. The zero-order valence-electron chi connectivity index (χ0n) is 18.1. The van der Waals surface area contributed by atoms with E-state index in [2.05, 4.69) is 47.8 Å². The van der Waals surface area contributed by atoms with Gasteiger partial charge in [0, 0.05) is 11.6 Å². The number of carbonyl (C=O) groups is 1. The molecule has 2 fully saturated rings. The van der Waals surface area contributed by atoms with Gasteiger partial charge in [-0.3, -0.25) is 4.79 Å². The van der Waals surface area contributed by atoms with Crippen LogP contribution in [0.5, 0.6) is 5.75 Å². The highest BCUT2D eigenvalue weighted by Gasteiger charge is 2.46. The average molecular weight is 415 g/mol. The Labute approximate surface area is 183 Å². The van der Waals surface area contributed by atoms with Gasteiger partial charge >= 0.3 is 0 Å². The van der Waals surface area contributed by atoms with E-state index in [4.69, 9.17) is 10.5 Å². The smallest absolute Gasteiger partial charge is 0.252 e. The third-order valence-electron chi connectivity index (χ3n) is 6.90. The Balaban J connectivity index is 1.39. The summed E-state index contributed by atoms with van der Waals surface area (Å²) < 4.78 is 6.20. The SMILES string of the molecule is Cc1ccc(OC2CCCC[C@@H]2N)cc1C(=O)NC1(c2cccc3ccccc23)CC1. The van der Waals surface area contributed by atoms with Crippen LogP contribution in [0.15, 0.2) is 60.7 Å². The van der Waals surface area contributed by atoms with Gasteiger partial charge in [-0.15, -0.1) is 0 Å². The van der Waals surface area contributed by atoms with Crippen molar-refractivity contribution in [3.05, 3.63) is 77.4 Å². The van der Waals surface area contributed by atoms with Crippen molar-refractivity contribution in [3.8, 4) is 5.75 Å². The highest BCUT2D eigenvalue weighted by molar-refractivity contribution is 5.97. The molecular formula is C27H30N2O2. The van der Waals surface area contributed by atoms with Crippen LogP contribution in [0.2, 0.25) is 0 Å². The van der Waals surface area contributed by atoms with E-state index >= 15 is 0 Å². The molecule has 2 atom stereocenters. The number of fused-ring (bicyclic) bond motifs is 1. The zero-order chi connectivity index (χ0) is 21.4. The van der Waals surface area contributed by atoms with Crippen LogP contribution >= 0.6 is 0 Å². The van der Waals surface area contributed by atoms with Crippen molar-refractivity contribution < 1.29 is 9.53 Å². The molecular weight excluding hydrogens is 384 g/mol. The van der Waals surface area contributed by atoms with Crippen LogP contribution in [0.25, 0.3) is 10.8 Å². The third-order valence-corrected chi connectivity index (χ3v) is 6.90. The first-order valence-corrected chi connectivity index (χ1v) is 11.4. The van der Waals surface area contributed by atoms with Crippen molar-refractivity contribution in [1.29, 1.82) is 0 Å². The topological polar surface area (TPSA) is 64.3 Å². The average Bonchev–Trinajstić information content (AvgIpc) is 3.56. The van der Waals surface area contributed by atoms with Crippen LogP contribution in [0.3, 0.4) is 0 Å². The molecule has 3 aromatic carbocycles. The van der Waals surface area contributed by atoms with Gasteiger partial charge in [0.25, 0.3) is 5.91 Å². The summed E-state index contributed by atoms with van der Waals surface area (Å²) in [5, 5.41) is 5.77. The molecule has 0 bridgehead atoms. The third kappa shape index (κ3) is 3.92. The molecule has 4 nitrogen and oxygen atoms in total. The van der Waals surface area contributed by atoms with E-state index in [0.29, 0.717) is 5.56 Å².